The van der Waals surface area contributed by atoms with Gasteiger partial charge in [0.1, 0.15) is 0 Å². The zero-order valence-electron chi connectivity index (χ0n) is 17.2. The highest BCUT2D eigenvalue weighted by molar-refractivity contribution is 5.93. The average molecular weight is 396 g/mol. The molecule has 0 radical (unpaired) electrons. The van der Waals surface area contributed by atoms with Crippen molar-refractivity contribution in [2.45, 2.75) is 31.7 Å². The third-order valence-corrected chi connectivity index (χ3v) is 6.82. The number of pyridine rings is 2. The topological polar surface area (TPSA) is 38.1 Å². The number of aromatic nitrogens is 2. The number of fused-ring (bicyclic) bond motifs is 2. The Kier molecular flexibility index (Phi) is 3.95. The van der Waals surface area contributed by atoms with Gasteiger partial charge in [0, 0.05) is 42.3 Å². The van der Waals surface area contributed by atoms with Gasteiger partial charge in [-0.3, -0.25) is 9.78 Å². The summed E-state index contributed by atoms with van der Waals surface area (Å²) in [5.74, 6) is 0.988. The zero-order chi connectivity index (χ0) is 20.2. The van der Waals surface area contributed by atoms with Crippen LogP contribution in [0.1, 0.15) is 37.4 Å². The van der Waals surface area contributed by atoms with Crippen LogP contribution in [0, 0.1) is 5.92 Å². The molecule has 6 rings (SSSR count). The van der Waals surface area contributed by atoms with Gasteiger partial charge < -0.3 is 9.47 Å². The molecule has 150 valence electrons. The molecule has 0 bridgehead atoms. The normalized spacial score (nSPS) is 23.4. The minimum Gasteiger partial charge on any atom is -0.371 e. The molecule has 1 saturated heterocycles. The molecule has 4 heteroatoms. The molecule has 0 N–H and O–H groups in total. The lowest BCUT2D eigenvalue weighted by Crippen LogP contribution is -2.24. The summed E-state index contributed by atoms with van der Waals surface area (Å²) in [5, 5.41) is 3.06. The quantitative estimate of drug-likeness (QED) is 0.483. The molecule has 1 saturated carbocycles. The first-order valence-corrected chi connectivity index (χ1v) is 10.9. The van der Waals surface area contributed by atoms with Gasteiger partial charge in [0.25, 0.3) is 5.56 Å². The monoisotopic (exact) mass is 395 g/mol. The fourth-order valence-electron chi connectivity index (χ4n) is 5.06. The van der Waals surface area contributed by atoms with E-state index in [0.717, 1.165) is 52.6 Å². The molecule has 3 heterocycles. The molecule has 4 nitrogen and oxygen atoms in total. The molecular weight excluding hydrogens is 370 g/mol. The molecule has 2 aromatic heterocycles. The van der Waals surface area contributed by atoms with Crippen molar-refractivity contribution in [3.8, 4) is 0 Å². The Morgan fingerprint density at radius 3 is 2.70 bits per heavy atom. The summed E-state index contributed by atoms with van der Waals surface area (Å²) in [7, 11) is 0. The first-order valence-electron chi connectivity index (χ1n) is 10.9. The summed E-state index contributed by atoms with van der Waals surface area (Å²) in [5.41, 5.74) is 3.34. The first-order chi connectivity index (χ1) is 14.7. The largest absolute Gasteiger partial charge is 0.371 e. The van der Waals surface area contributed by atoms with E-state index in [1.54, 1.807) is 0 Å². The van der Waals surface area contributed by atoms with Gasteiger partial charge in [-0.15, -0.1) is 0 Å². The summed E-state index contributed by atoms with van der Waals surface area (Å²) < 4.78 is 1.95. The number of hydrogen-bond donors (Lipinski definition) is 0. The van der Waals surface area contributed by atoms with E-state index in [1.165, 1.54) is 6.42 Å². The van der Waals surface area contributed by atoms with Crippen LogP contribution in [-0.2, 0) is 0 Å². The van der Waals surface area contributed by atoms with E-state index in [4.69, 9.17) is 4.98 Å². The van der Waals surface area contributed by atoms with E-state index >= 15 is 0 Å². The minimum atomic E-state index is 0.135. The highest BCUT2D eigenvalue weighted by Crippen LogP contribution is 2.50. The molecule has 2 fully saturated rings. The lowest BCUT2D eigenvalue weighted by Gasteiger charge is -2.20. The summed E-state index contributed by atoms with van der Waals surface area (Å²) >= 11 is 0. The van der Waals surface area contributed by atoms with Crippen LogP contribution in [0.3, 0.4) is 0 Å². The molecule has 0 spiro atoms. The molecule has 1 aliphatic heterocycles. The van der Waals surface area contributed by atoms with Crippen LogP contribution in [0.4, 0.5) is 5.69 Å². The molecular formula is C26H25N3O. The SMILES string of the molecule is C[C@H]1CCN(c2cccc3ccn(C4CC4c4ccc5ccccc5n4)c(=O)c23)C1. The van der Waals surface area contributed by atoms with Crippen molar-refractivity contribution in [2.75, 3.05) is 18.0 Å². The van der Waals surface area contributed by atoms with Gasteiger partial charge in [0.15, 0.2) is 0 Å². The zero-order valence-corrected chi connectivity index (χ0v) is 17.2. The molecule has 2 unspecified atom stereocenters. The van der Waals surface area contributed by atoms with Crippen LogP contribution in [-0.4, -0.2) is 22.6 Å². The number of benzene rings is 2. The van der Waals surface area contributed by atoms with E-state index < -0.39 is 0 Å². The Labute approximate surface area is 175 Å². The van der Waals surface area contributed by atoms with E-state index in [2.05, 4.69) is 60.4 Å². The van der Waals surface area contributed by atoms with Gasteiger partial charge in [-0.2, -0.15) is 0 Å². The van der Waals surface area contributed by atoms with Gasteiger partial charge in [0.2, 0.25) is 0 Å². The van der Waals surface area contributed by atoms with Crippen molar-refractivity contribution in [3.63, 3.8) is 0 Å². The molecule has 30 heavy (non-hydrogen) atoms. The molecule has 0 amide bonds. The van der Waals surface area contributed by atoms with Crippen molar-refractivity contribution >= 4 is 27.4 Å². The molecule has 4 aromatic rings. The highest BCUT2D eigenvalue weighted by Gasteiger charge is 2.42. The molecule has 1 aliphatic carbocycles. The second kappa shape index (κ2) is 6.69. The van der Waals surface area contributed by atoms with Crippen LogP contribution >= 0.6 is 0 Å². The van der Waals surface area contributed by atoms with E-state index in [-0.39, 0.29) is 11.6 Å². The van der Waals surface area contributed by atoms with Crippen molar-refractivity contribution in [1.82, 2.24) is 9.55 Å². The van der Waals surface area contributed by atoms with Crippen LogP contribution in [0.2, 0.25) is 0 Å². The Balaban J connectivity index is 1.39. The Bertz CT molecular complexity index is 1320. The fraction of sp³-hybridized carbons (Fsp3) is 0.308. The molecule has 2 aromatic carbocycles. The fourth-order valence-corrected chi connectivity index (χ4v) is 5.06. The number of nitrogens with zero attached hydrogens (tertiary/aromatic N) is 3. The van der Waals surface area contributed by atoms with Crippen LogP contribution in [0.25, 0.3) is 21.7 Å². The standard InChI is InChI=1S/C26H25N3O/c1-17-11-13-28(16-17)23-8-4-6-19-12-14-29(26(30)25(19)23)24-15-20(24)22-10-9-18-5-2-3-7-21(18)27-22/h2-10,12,14,17,20,24H,11,13,15-16H2,1H3/t17-,20?,24?/m0/s1. The minimum absolute atomic E-state index is 0.135. The van der Waals surface area contributed by atoms with Gasteiger partial charge in [-0.25, -0.2) is 0 Å². The van der Waals surface area contributed by atoms with Gasteiger partial charge in [0.05, 0.1) is 16.6 Å². The Morgan fingerprint density at radius 1 is 0.967 bits per heavy atom. The maximum absolute atomic E-state index is 13.6. The molecule has 2 aliphatic rings. The predicted molar refractivity (Wildman–Crippen MR) is 122 cm³/mol. The van der Waals surface area contributed by atoms with Crippen LogP contribution in [0.15, 0.2) is 71.7 Å². The van der Waals surface area contributed by atoms with E-state index in [1.807, 2.05) is 22.9 Å². The predicted octanol–water partition coefficient (Wildman–Crippen LogP) is 5.12. The highest BCUT2D eigenvalue weighted by atomic mass is 16.1. The molecule has 3 atom stereocenters. The number of hydrogen-bond acceptors (Lipinski definition) is 3. The lowest BCUT2D eigenvalue weighted by atomic mass is 10.1. The second-order valence-electron chi connectivity index (χ2n) is 8.95. The van der Waals surface area contributed by atoms with Crippen LogP contribution < -0.4 is 10.5 Å². The van der Waals surface area contributed by atoms with Gasteiger partial charge in [-0.05, 0) is 48.4 Å². The number of anilines is 1. The Hall–Kier alpha value is -3.14. The number of rotatable bonds is 3. The van der Waals surface area contributed by atoms with Crippen molar-refractivity contribution in [1.29, 1.82) is 0 Å². The summed E-state index contributed by atoms with van der Waals surface area (Å²) in [6, 6.07) is 21.0. The maximum atomic E-state index is 13.6. The van der Waals surface area contributed by atoms with Gasteiger partial charge >= 0.3 is 0 Å². The average Bonchev–Trinajstić information content (AvgIpc) is 3.45. The van der Waals surface area contributed by atoms with Crippen molar-refractivity contribution in [3.05, 3.63) is 82.9 Å². The van der Waals surface area contributed by atoms with E-state index in [0.29, 0.717) is 11.8 Å². The van der Waals surface area contributed by atoms with E-state index in [9.17, 15) is 4.79 Å². The lowest BCUT2D eigenvalue weighted by molar-refractivity contribution is 0.659. The summed E-state index contributed by atoms with van der Waals surface area (Å²) in [6.07, 6.45) is 4.14. The smallest absolute Gasteiger partial charge is 0.260 e. The van der Waals surface area contributed by atoms with Gasteiger partial charge in [-0.1, -0.05) is 43.3 Å². The summed E-state index contributed by atoms with van der Waals surface area (Å²) in [4.78, 5) is 20.8. The van der Waals surface area contributed by atoms with Crippen LogP contribution in [0.5, 0.6) is 0 Å². The second-order valence-corrected chi connectivity index (χ2v) is 8.95. The summed E-state index contributed by atoms with van der Waals surface area (Å²) in [6.45, 7) is 4.34. The third kappa shape index (κ3) is 2.82. The van der Waals surface area contributed by atoms with Crippen molar-refractivity contribution < 1.29 is 0 Å². The number of para-hydroxylation sites is 1. The van der Waals surface area contributed by atoms with Crippen molar-refractivity contribution in [2.24, 2.45) is 5.92 Å². The third-order valence-electron chi connectivity index (χ3n) is 6.82. The first kappa shape index (κ1) is 17.7. The maximum Gasteiger partial charge on any atom is 0.260 e. The Morgan fingerprint density at radius 2 is 1.83 bits per heavy atom.